The van der Waals surface area contributed by atoms with Gasteiger partial charge in [0.05, 0.1) is 43.8 Å². The summed E-state index contributed by atoms with van der Waals surface area (Å²) < 4.78 is 12.4. The molecule has 9 heteroatoms. The Labute approximate surface area is 205 Å². The second-order valence-electron chi connectivity index (χ2n) is 8.21. The topological polar surface area (TPSA) is 113 Å². The molecule has 184 valence electrons. The number of rotatable bonds is 10. The number of aliphatic carboxylic acids is 1. The standard InChI is InChI=1S/C26H31N5O4/c1-6-9-21-24(35-5)23(26(32)33)29-25(30(21)3)17(2)22(20-11-8-7-10-18(20)14-27)19-15-28-31(16-19)12-13-34-4/h7-11,15-17,22H,6,12-13H2,1-5H3,(H,32,33)/b21-9-. The van der Waals surface area contributed by atoms with E-state index < -0.39 is 5.97 Å². The lowest BCUT2D eigenvalue weighted by molar-refractivity contribution is -0.133. The monoisotopic (exact) mass is 477 g/mol. The van der Waals surface area contributed by atoms with Crippen LogP contribution in [0.3, 0.4) is 0 Å². The highest BCUT2D eigenvalue weighted by Crippen LogP contribution is 2.38. The van der Waals surface area contributed by atoms with E-state index in [0.29, 0.717) is 36.7 Å². The Bertz CT molecular complexity index is 1200. The summed E-state index contributed by atoms with van der Waals surface area (Å²) in [5.74, 6) is -0.986. The molecule has 0 radical (unpaired) electrons. The second kappa shape index (κ2) is 11.5. The van der Waals surface area contributed by atoms with Gasteiger partial charge >= 0.3 is 5.97 Å². The summed E-state index contributed by atoms with van der Waals surface area (Å²) in [7, 11) is 4.93. The summed E-state index contributed by atoms with van der Waals surface area (Å²) in [5.41, 5.74) is 2.77. The maximum atomic E-state index is 12.1. The van der Waals surface area contributed by atoms with E-state index in [0.717, 1.165) is 11.1 Å². The minimum Gasteiger partial charge on any atom is -0.492 e. The highest BCUT2D eigenvalue weighted by molar-refractivity contribution is 5.98. The van der Waals surface area contributed by atoms with Gasteiger partial charge in [-0.3, -0.25) is 4.68 Å². The highest BCUT2D eigenvalue weighted by Gasteiger charge is 2.36. The molecule has 0 fully saturated rings. The van der Waals surface area contributed by atoms with Crippen LogP contribution in [0.4, 0.5) is 0 Å². The second-order valence-corrected chi connectivity index (χ2v) is 8.21. The van der Waals surface area contributed by atoms with Crippen molar-refractivity contribution in [3.05, 3.63) is 76.6 Å². The number of likely N-dealkylation sites (N-methyl/N-ethyl adjacent to an activating group) is 1. The molecule has 1 N–H and O–H groups in total. The lowest BCUT2D eigenvalue weighted by Crippen LogP contribution is -2.38. The first kappa shape index (κ1) is 25.7. The van der Waals surface area contributed by atoms with Gasteiger partial charge in [0.25, 0.3) is 0 Å². The van der Waals surface area contributed by atoms with E-state index in [1.54, 1.807) is 24.1 Å². The van der Waals surface area contributed by atoms with Crippen molar-refractivity contribution >= 4 is 11.8 Å². The van der Waals surface area contributed by atoms with E-state index >= 15 is 0 Å². The molecule has 2 aromatic rings. The summed E-state index contributed by atoms with van der Waals surface area (Å²) in [5, 5.41) is 24.2. The fourth-order valence-corrected chi connectivity index (χ4v) is 4.42. The third kappa shape index (κ3) is 5.28. The number of allylic oxidation sites excluding steroid dienone is 1. The molecule has 0 bridgehead atoms. The van der Waals surface area contributed by atoms with Crippen LogP contribution in [0.5, 0.6) is 0 Å². The number of amidine groups is 1. The SMILES string of the molecule is CC/C=C1/C(OC)=C(C(=O)O)N=C(C(C)C(c2cnn(CCOC)c2)c2ccccc2C#N)N1C. The van der Waals surface area contributed by atoms with E-state index in [2.05, 4.69) is 16.2 Å². The third-order valence-corrected chi connectivity index (χ3v) is 6.04. The van der Waals surface area contributed by atoms with Crippen LogP contribution in [0.1, 0.15) is 42.9 Å². The number of ether oxygens (including phenoxy) is 2. The van der Waals surface area contributed by atoms with E-state index in [9.17, 15) is 15.2 Å². The molecule has 0 aliphatic carbocycles. The number of aliphatic imine (C=N–C) groups is 1. The Balaban J connectivity index is 2.19. The molecule has 0 amide bonds. The van der Waals surface area contributed by atoms with Gasteiger partial charge in [-0.25, -0.2) is 9.79 Å². The molecule has 1 aromatic heterocycles. The number of methoxy groups -OCH3 is 2. The molecule has 2 heterocycles. The van der Waals surface area contributed by atoms with E-state index in [1.165, 1.54) is 7.11 Å². The minimum atomic E-state index is -1.16. The van der Waals surface area contributed by atoms with Crippen molar-refractivity contribution in [2.45, 2.75) is 32.7 Å². The number of carboxylic acid groups (broad SMARTS) is 1. The van der Waals surface area contributed by atoms with Crippen LogP contribution < -0.4 is 0 Å². The van der Waals surface area contributed by atoms with Crippen LogP contribution in [-0.2, 0) is 20.8 Å². The number of nitrogens with zero attached hydrogens (tertiary/aromatic N) is 5. The summed E-state index contributed by atoms with van der Waals surface area (Å²) in [6, 6.07) is 9.72. The van der Waals surface area contributed by atoms with E-state index in [4.69, 9.17) is 9.47 Å². The van der Waals surface area contributed by atoms with Crippen molar-refractivity contribution in [3.63, 3.8) is 0 Å². The van der Waals surface area contributed by atoms with Crippen molar-refractivity contribution in [2.24, 2.45) is 10.9 Å². The molecule has 2 unspecified atom stereocenters. The molecule has 0 saturated heterocycles. The van der Waals surface area contributed by atoms with Crippen molar-refractivity contribution in [1.29, 1.82) is 5.26 Å². The maximum Gasteiger partial charge on any atom is 0.358 e. The van der Waals surface area contributed by atoms with Gasteiger partial charge in [-0.1, -0.05) is 38.1 Å². The molecule has 9 nitrogen and oxygen atoms in total. The number of benzene rings is 1. The predicted molar refractivity (Wildman–Crippen MR) is 132 cm³/mol. The first-order chi connectivity index (χ1) is 16.9. The van der Waals surface area contributed by atoms with Gasteiger partial charge in [0.15, 0.2) is 11.5 Å². The Hall–Kier alpha value is -3.90. The van der Waals surface area contributed by atoms with Gasteiger partial charge in [-0.2, -0.15) is 10.4 Å². The molecular formula is C26H31N5O4. The normalized spacial score (nSPS) is 16.6. The Morgan fingerprint density at radius 1 is 1.31 bits per heavy atom. The predicted octanol–water partition coefficient (Wildman–Crippen LogP) is 3.75. The zero-order valence-corrected chi connectivity index (χ0v) is 20.7. The first-order valence-corrected chi connectivity index (χ1v) is 11.4. The number of nitriles is 1. The van der Waals surface area contributed by atoms with Crippen LogP contribution in [0.2, 0.25) is 0 Å². The minimum absolute atomic E-state index is 0.143. The fraction of sp³-hybridized carbons (Fsp3) is 0.385. The molecule has 1 aromatic carbocycles. The van der Waals surface area contributed by atoms with Crippen molar-refractivity contribution in [2.75, 3.05) is 27.9 Å². The average Bonchev–Trinajstić information content (AvgIpc) is 3.32. The number of carbonyl (C=O) groups is 1. The zero-order valence-electron chi connectivity index (χ0n) is 20.7. The maximum absolute atomic E-state index is 12.1. The largest absolute Gasteiger partial charge is 0.492 e. The summed E-state index contributed by atoms with van der Waals surface area (Å²) >= 11 is 0. The zero-order chi connectivity index (χ0) is 25.5. The van der Waals surface area contributed by atoms with E-state index in [-0.39, 0.29) is 23.3 Å². The van der Waals surface area contributed by atoms with Gasteiger partial charge in [-0.05, 0) is 23.6 Å². The quantitative estimate of drug-likeness (QED) is 0.554. The highest BCUT2D eigenvalue weighted by atomic mass is 16.5. The number of hydrogen-bond acceptors (Lipinski definition) is 7. The Morgan fingerprint density at radius 3 is 2.69 bits per heavy atom. The number of hydrogen-bond donors (Lipinski definition) is 1. The van der Waals surface area contributed by atoms with Crippen molar-refractivity contribution in [1.82, 2.24) is 14.7 Å². The van der Waals surface area contributed by atoms with Gasteiger partial charge in [0.1, 0.15) is 5.84 Å². The van der Waals surface area contributed by atoms with Crippen LogP contribution in [-0.4, -0.2) is 59.5 Å². The van der Waals surface area contributed by atoms with Crippen LogP contribution in [0, 0.1) is 17.2 Å². The first-order valence-electron chi connectivity index (χ1n) is 11.4. The molecule has 1 aliphatic rings. The number of aromatic nitrogens is 2. The molecule has 1 aliphatic heterocycles. The lowest BCUT2D eigenvalue weighted by Gasteiger charge is -2.35. The average molecular weight is 478 g/mol. The van der Waals surface area contributed by atoms with Crippen LogP contribution in [0.15, 0.2) is 64.9 Å². The summed E-state index contributed by atoms with van der Waals surface area (Å²) in [6.45, 7) is 5.07. The van der Waals surface area contributed by atoms with Crippen LogP contribution in [0.25, 0.3) is 0 Å². The molecule has 0 saturated carbocycles. The Kier molecular flexibility index (Phi) is 8.44. The molecule has 3 rings (SSSR count). The Morgan fingerprint density at radius 2 is 2.06 bits per heavy atom. The molecular weight excluding hydrogens is 446 g/mol. The smallest absolute Gasteiger partial charge is 0.358 e. The van der Waals surface area contributed by atoms with Crippen molar-refractivity contribution < 1.29 is 19.4 Å². The molecule has 35 heavy (non-hydrogen) atoms. The lowest BCUT2D eigenvalue weighted by atomic mass is 9.79. The van der Waals surface area contributed by atoms with Gasteiger partial charge in [0, 0.05) is 32.2 Å². The summed E-state index contributed by atoms with van der Waals surface area (Å²) in [6.07, 6.45) is 6.33. The van der Waals surface area contributed by atoms with Gasteiger partial charge < -0.3 is 19.5 Å². The fourth-order valence-electron chi connectivity index (χ4n) is 4.42. The van der Waals surface area contributed by atoms with Gasteiger partial charge in [0.2, 0.25) is 0 Å². The number of carboxylic acids is 1. The van der Waals surface area contributed by atoms with Crippen LogP contribution >= 0.6 is 0 Å². The molecule has 2 atom stereocenters. The van der Waals surface area contributed by atoms with E-state index in [1.807, 2.05) is 56.3 Å². The summed E-state index contributed by atoms with van der Waals surface area (Å²) in [4.78, 5) is 18.5. The van der Waals surface area contributed by atoms with Crippen molar-refractivity contribution in [3.8, 4) is 6.07 Å². The third-order valence-electron chi connectivity index (χ3n) is 6.04. The molecule has 0 spiro atoms. The van der Waals surface area contributed by atoms with Gasteiger partial charge in [-0.15, -0.1) is 0 Å².